The SMILES string of the molecule is CC1(C)OB(c2cc(C#N)cc(NCC(O)CCl)c2)OC1(C)C. The number of aliphatic hydroxyl groups excluding tert-OH is 1. The molecule has 0 saturated carbocycles. The van der Waals surface area contributed by atoms with E-state index in [0.29, 0.717) is 12.1 Å². The number of alkyl halides is 1. The van der Waals surface area contributed by atoms with Crippen LogP contribution in [-0.4, -0.2) is 42.0 Å². The first kappa shape index (κ1) is 18.1. The first-order valence-corrected chi connectivity index (χ1v) is 8.10. The van der Waals surface area contributed by atoms with Crippen molar-refractivity contribution < 1.29 is 14.4 Å². The second-order valence-corrected chi connectivity index (χ2v) is 7.04. The molecule has 0 radical (unpaired) electrons. The molecule has 1 aliphatic rings. The van der Waals surface area contributed by atoms with E-state index in [4.69, 9.17) is 20.9 Å². The molecule has 1 saturated heterocycles. The van der Waals surface area contributed by atoms with Crippen LogP contribution in [0.25, 0.3) is 0 Å². The predicted octanol–water partition coefficient (Wildman–Crippen LogP) is 1.87. The molecule has 2 N–H and O–H groups in total. The number of hydrogen-bond donors (Lipinski definition) is 2. The molecule has 1 aromatic carbocycles. The third-order valence-corrected chi connectivity index (χ3v) is 4.69. The molecule has 1 heterocycles. The Labute approximate surface area is 142 Å². The van der Waals surface area contributed by atoms with Crippen LogP contribution < -0.4 is 10.8 Å². The molecule has 1 unspecified atom stereocenters. The van der Waals surface area contributed by atoms with Crippen LogP contribution >= 0.6 is 11.6 Å². The number of rotatable bonds is 5. The lowest BCUT2D eigenvalue weighted by Gasteiger charge is -2.32. The molecule has 0 aromatic heterocycles. The van der Waals surface area contributed by atoms with Crippen LogP contribution in [0.3, 0.4) is 0 Å². The highest BCUT2D eigenvalue weighted by Gasteiger charge is 2.51. The number of aliphatic hydroxyl groups is 1. The number of hydrogen-bond acceptors (Lipinski definition) is 5. The minimum Gasteiger partial charge on any atom is -0.399 e. The summed E-state index contributed by atoms with van der Waals surface area (Å²) in [6.07, 6.45) is -0.650. The van der Waals surface area contributed by atoms with Gasteiger partial charge in [0.15, 0.2) is 0 Å². The van der Waals surface area contributed by atoms with E-state index in [1.165, 1.54) is 0 Å². The molecule has 1 fully saturated rings. The molecule has 124 valence electrons. The largest absolute Gasteiger partial charge is 0.494 e. The van der Waals surface area contributed by atoms with E-state index in [1.807, 2.05) is 33.8 Å². The van der Waals surface area contributed by atoms with Crippen molar-refractivity contribution in [1.82, 2.24) is 0 Å². The number of benzene rings is 1. The summed E-state index contributed by atoms with van der Waals surface area (Å²) < 4.78 is 12.0. The van der Waals surface area contributed by atoms with E-state index in [1.54, 1.807) is 12.1 Å². The van der Waals surface area contributed by atoms with Gasteiger partial charge in [-0.25, -0.2) is 0 Å². The zero-order chi connectivity index (χ0) is 17.3. The number of nitrogens with one attached hydrogen (secondary N) is 1. The first-order valence-electron chi connectivity index (χ1n) is 7.57. The van der Waals surface area contributed by atoms with Gasteiger partial charge in [0.2, 0.25) is 0 Å². The molecule has 1 aliphatic heterocycles. The van der Waals surface area contributed by atoms with E-state index in [-0.39, 0.29) is 5.88 Å². The lowest BCUT2D eigenvalue weighted by molar-refractivity contribution is 0.00578. The van der Waals surface area contributed by atoms with Crippen molar-refractivity contribution in [3.05, 3.63) is 23.8 Å². The second-order valence-electron chi connectivity index (χ2n) is 6.73. The average Bonchev–Trinajstić information content (AvgIpc) is 2.72. The Morgan fingerprint density at radius 3 is 2.39 bits per heavy atom. The Bertz CT molecular complexity index is 600. The normalized spacial score (nSPS) is 20.1. The third-order valence-electron chi connectivity index (χ3n) is 4.33. The summed E-state index contributed by atoms with van der Waals surface area (Å²) >= 11 is 5.59. The van der Waals surface area contributed by atoms with Gasteiger partial charge in [0.05, 0.1) is 34.8 Å². The second kappa shape index (κ2) is 6.70. The maximum atomic E-state index is 9.55. The minimum atomic E-state index is -0.650. The lowest BCUT2D eigenvalue weighted by atomic mass is 9.78. The van der Waals surface area contributed by atoms with Crippen LogP contribution in [0.1, 0.15) is 33.3 Å². The molecule has 0 bridgehead atoms. The van der Waals surface area contributed by atoms with Crippen molar-refractivity contribution in [2.24, 2.45) is 0 Å². The van der Waals surface area contributed by atoms with E-state index in [2.05, 4.69) is 11.4 Å². The summed E-state index contributed by atoms with van der Waals surface area (Å²) in [4.78, 5) is 0. The van der Waals surface area contributed by atoms with Gasteiger partial charge in [0.1, 0.15) is 0 Å². The van der Waals surface area contributed by atoms with Gasteiger partial charge < -0.3 is 19.7 Å². The number of nitrogens with zero attached hydrogens (tertiary/aromatic N) is 1. The van der Waals surface area contributed by atoms with Crippen molar-refractivity contribution in [2.75, 3.05) is 17.7 Å². The molecular formula is C16H22BClN2O3. The van der Waals surface area contributed by atoms with Gasteiger partial charge in [-0.15, -0.1) is 11.6 Å². The maximum Gasteiger partial charge on any atom is 0.494 e. The Kier molecular flexibility index (Phi) is 5.27. The number of halogens is 1. The van der Waals surface area contributed by atoms with Gasteiger partial charge in [-0.3, -0.25) is 0 Å². The minimum absolute atomic E-state index is 0.148. The zero-order valence-corrected chi connectivity index (χ0v) is 14.6. The quantitative estimate of drug-likeness (QED) is 0.634. The molecule has 1 aromatic rings. The van der Waals surface area contributed by atoms with Gasteiger partial charge >= 0.3 is 7.12 Å². The van der Waals surface area contributed by atoms with Crippen molar-refractivity contribution in [1.29, 1.82) is 5.26 Å². The fourth-order valence-corrected chi connectivity index (χ4v) is 2.33. The van der Waals surface area contributed by atoms with Crippen LogP contribution in [0, 0.1) is 11.3 Å². The van der Waals surface area contributed by atoms with Crippen molar-refractivity contribution in [3.8, 4) is 6.07 Å². The Morgan fingerprint density at radius 1 is 1.26 bits per heavy atom. The standard InChI is InChI=1S/C16H22BClN2O3/c1-15(2)16(3,4)23-17(22-15)12-5-11(9-19)6-13(7-12)20-10-14(21)8-18/h5-7,14,20-21H,8,10H2,1-4H3. The molecule has 0 aliphatic carbocycles. The summed E-state index contributed by atoms with van der Waals surface area (Å²) in [7, 11) is -0.535. The van der Waals surface area contributed by atoms with E-state index in [0.717, 1.165) is 11.2 Å². The summed E-state index contributed by atoms with van der Waals surface area (Å²) in [5.74, 6) is 0.148. The van der Waals surface area contributed by atoms with Gasteiger partial charge in [-0.05, 0) is 51.4 Å². The Balaban J connectivity index is 2.24. The Morgan fingerprint density at radius 2 is 1.87 bits per heavy atom. The molecule has 2 rings (SSSR count). The van der Waals surface area contributed by atoms with Gasteiger partial charge in [0, 0.05) is 12.2 Å². The maximum absolute atomic E-state index is 9.55. The highest BCUT2D eigenvalue weighted by molar-refractivity contribution is 6.62. The Hall–Kier alpha value is -1.26. The summed E-state index contributed by atoms with van der Waals surface area (Å²) in [5.41, 5.74) is 1.11. The highest BCUT2D eigenvalue weighted by atomic mass is 35.5. The summed E-state index contributed by atoms with van der Waals surface area (Å²) in [6.45, 7) is 8.24. The first-order chi connectivity index (χ1) is 10.7. The predicted molar refractivity (Wildman–Crippen MR) is 92.1 cm³/mol. The molecule has 7 heteroatoms. The van der Waals surface area contributed by atoms with Crippen LogP contribution in [0.4, 0.5) is 5.69 Å². The van der Waals surface area contributed by atoms with Gasteiger partial charge in [-0.2, -0.15) is 5.26 Å². The van der Waals surface area contributed by atoms with Gasteiger partial charge in [0.25, 0.3) is 0 Å². The monoisotopic (exact) mass is 336 g/mol. The molecule has 0 spiro atoms. The molecule has 1 atom stereocenters. The van der Waals surface area contributed by atoms with Crippen LogP contribution in [0.15, 0.2) is 18.2 Å². The molecule has 23 heavy (non-hydrogen) atoms. The zero-order valence-electron chi connectivity index (χ0n) is 13.9. The summed E-state index contributed by atoms with van der Waals surface area (Å²) in [5, 5.41) is 21.9. The fraction of sp³-hybridized carbons (Fsp3) is 0.562. The number of nitriles is 1. The van der Waals surface area contributed by atoms with Crippen LogP contribution in [-0.2, 0) is 9.31 Å². The van der Waals surface area contributed by atoms with E-state index < -0.39 is 24.4 Å². The molecule has 0 amide bonds. The third kappa shape index (κ3) is 3.99. The van der Waals surface area contributed by atoms with E-state index in [9.17, 15) is 10.4 Å². The molecule has 5 nitrogen and oxygen atoms in total. The summed E-state index contributed by atoms with van der Waals surface area (Å²) in [6, 6.07) is 7.47. The highest BCUT2D eigenvalue weighted by Crippen LogP contribution is 2.36. The van der Waals surface area contributed by atoms with Crippen LogP contribution in [0.5, 0.6) is 0 Å². The average molecular weight is 337 g/mol. The van der Waals surface area contributed by atoms with Gasteiger partial charge in [-0.1, -0.05) is 0 Å². The smallest absolute Gasteiger partial charge is 0.399 e. The van der Waals surface area contributed by atoms with Crippen LogP contribution in [0.2, 0.25) is 0 Å². The van der Waals surface area contributed by atoms with Crippen molar-refractivity contribution in [2.45, 2.75) is 45.0 Å². The molecular weight excluding hydrogens is 314 g/mol. The number of anilines is 1. The van der Waals surface area contributed by atoms with E-state index >= 15 is 0 Å². The lowest BCUT2D eigenvalue weighted by Crippen LogP contribution is -2.41. The van der Waals surface area contributed by atoms with Crippen molar-refractivity contribution in [3.63, 3.8) is 0 Å². The topological polar surface area (TPSA) is 74.5 Å². The van der Waals surface area contributed by atoms with Crippen molar-refractivity contribution >= 4 is 29.9 Å². The fourth-order valence-electron chi connectivity index (χ4n) is 2.22.